The van der Waals surface area contributed by atoms with Crippen molar-refractivity contribution in [2.45, 2.75) is 33.4 Å². The molecule has 0 aliphatic carbocycles. The number of aryl methyl sites for hydroxylation is 2. The second-order valence-electron chi connectivity index (χ2n) is 5.69. The smallest absolute Gasteiger partial charge is 0.203 e. The third-order valence-electron chi connectivity index (χ3n) is 3.88. The normalized spacial score (nSPS) is 12.7. The molecule has 1 aromatic carbocycles. The first kappa shape index (κ1) is 15.6. The Balaban J connectivity index is 1.86. The van der Waals surface area contributed by atoms with Gasteiger partial charge in [-0.2, -0.15) is 0 Å². The lowest BCUT2D eigenvalue weighted by Crippen LogP contribution is -2.20. The Morgan fingerprint density at radius 1 is 1.30 bits per heavy atom. The summed E-state index contributed by atoms with van der Waals surface area (Å²) in [5.41, 5.74) is 9.46. The van der Waals surface area contributed by atoms with E-state index in [9.17, 15) is 4.79 Å². The number of hydrogen-bond donors (Lipinski definition) is 3. The topological polar surface area (TPSA) is 96.7 Å². The zero-order valence-corrected chi connectivity index (χ0v) is 14.1. The summed E-state index contributed by atoms with van der Waals surface area (Å²) in [5, 5.41) is 13.2. The number of fused-ring (bicyclic) bond motifs is 1. The molecule has 3 aromatic rings. The van der Waals surface area contributed by atoms with Crippen LogP contribution in [0, 0.1) is 13.8 Å². The van der Waals surface area contributed by atoms with E-state index in [0.717, 1.165) is 32.7 Å². The lowest BCUT2D eigenvalue weighted by atomic mass is 10.0. The quantitative estimate of drug-likeness (QED) is 0.683. The van der Waals surface area contributed by atoms with Crippen molar-refractivity contribution in [2.75, 3.05) is 5.73 Å². The largest absolute Gasteiger partial charge is 0.374 e. The first-order valence-electron chi connectivity index (χ1n) is 7.40. The molecule has 3 rings (SSSR count). The molecule has 0 amide bonds. The molecule has 0 saturated heterocycles. The number of nitrogen functional groups attached to an aromatic ring is 1. The molecule has 120 valence electrons. The molecule has 0 aliphatic rings. The Hall–Kier alpha value is -2.25. The Morgan fingerprint density at radius 3 is 2.74 bits per heavy atom. The summed E-state index contributed by atoms with van der Waals surface area (Å²) in [4.78, 5) is 15.8. The predicted molar refractivity (Wildman–Crippen MR) is 93.6 cm³/mol. The average molecular weight is 329 g/mol. The van der Waals surface area contributed by atoms with E-state index in [1.807, 2.05) is 32.9 Å². The summed E-state index contributed by atoms with van der Waals surface area (Å²) in [6, 6.07) is 5.68. The molecule has 0 bridgehead atoms. The SMILES string of the molecule is Cc1ccc(C)c2c(=O)cc(CN[C@H](C)c3nnc(N)s3)[nH]c12. The molecule has 0 spiro atoms. The second kappa shape index (κ2) is 6.10. The monoisotopic (exact) mass is 329 g/mol. The highest BCUT2D eigenvalue weighted by atomic mass is 32.1. The van der Waals surface area contributed by atoms with Crippen molar-refractivity contribution in [1.82, 2.24) is 20.5 Å². The third-order valence-corrected chi connectivity index (χ3v) is 4.82. The number of nitrogens with zero attached hydrogens (tertiary/aromatic N) is 2. The minimum absolute atomic E-state index is 0.0163. The zero-order chi connectivity index (χ0) is 16.6. The van der Waals surface area contributed by atoms with Gasteiger partial charge in [-0.1, -0.05) is 23.5 Å². The number of aromatic nitrogens is 3. The number of pyridine rings is 1. The molecule has 7 heteroatoms. The minimum Gasteiger partial charge on any atom is -0.374 e. The van der Waals surface area contributed by atoms with Crippen molar-refractivity contribution in [2.24, 2.45) is 0 Å². The Morgan fingerprint density at radius 2 is 2.04 bits per heavy atom. The van der Waals surface area contributed by atoms with Crippen LogP contribution in [0.25, 0.3) is 10.9 Å². The van der Waals surface area contributed by atoms with E-state index in [-0.39, 0.29) is 11.5 Å². The molecule has 6 nitrogen and oxygen atoms in total. The lowest BCUT2D eigenvalue weighted by Gasteiger charge is -2.12. The van der Waals surface area contributed by atoms with Gasteiger partial charge in [0, 0.05) is 23.7 Å². The molecule has 0 unspecified atom stereocenters. The summed E-state index contributed by atoms with van der Waals surface area (Å²) < 4.78 is 0. The molecule has 0 saturated carbocycles. The maximum Gasteiger partial charge on any atom is 0.203 e. The third kappa shape index (κ3) is 3.11. The van der Waals surface area contributed by atoms with Crippen LogP contribution in [-0.4, -0.2) is 15.2 Å². The van der Waals surface area contributed by atoms with E-state index in [1.165, 1.54) is 11.3 Å². The average Bonchev–Trinajstić information content (AvgIpc) is 2.95. The minimum atomic E-state index is 0.0163. The number of rotatable bonds is 4. The Kier molecular flexibility index (Phi) is 4.14. The van der Waals surface area contributed by atoms with Crippen LogP contribution in [0.5, 0.6) is 0 Å². The molecule has 23 heavy (non-hydrogen) atoms. The Labute approximate surface area is 137 Å². The molecule has 1 atom stereocenters. The van der Waals surface area contributed by atoms with Crippen LogP contribution < -0.4 is 16.5 Å². The van der Waals surface area contributed by atoms with Gasteiger partial charge in [0.05, 0.1) is 11.6 Å². The molecular formula is C16H19N5OS. The first-order chi connectivity index (χ1) is 11.0. The number of benzene rings is 1. The van der Waals surface area contributed by atoms with Crippen molar-refractivity contribution < 1.29 is 0 Å². The standard InChI is InChI=1S/C16H19N5OS/c1-8-4-5-9(2)14-13(8)12(22)6-11(19-14)7-18-10(3)15-20-21-16(17)23-15/h4-6,10,18H,7H2,1-3H3,(H2,17,21)(H,19,22)/t10-/m1/s1. The molecule has 4 N–H and O–H groups in total. The van der Waals surface area contributed by atoms with Crippen molar-refractivity contribution in [3.05, 3.63) is 50.3 Å². The van der Waals surface area contributed by atoms with E-state index < -0.39 is 0 Å². The summed E-state index contributed by atoms with van der Waals surface area (Å²) in [6.07, 6.45) is 0. The van der Waals surface area contributed by atoms with Crippen molar-refractivity contribution in [3.8, 4) is 0 Å². The fourth-order valence-electron chi connectivity index (χ4n) is 2.58. The number of aromatic amines is 1. The summed E-state index contributed by atoms with van der Waals surface area (Å²) >= 11 is 1.36. The van der Waals surface area contributed by atoms with Gasteiger partial charge in [-0.3, -0.25) is 4.79 Å². The molecular weight excluding hydrogens is 310 g/mol. The number of nitrogens with one attached hydrogen (secondary N) is 2. The molecule has 0 fully saturated rings. The van der Waals surface area contributed by atoms with Gasteiger partial charge in [0.25, 0.3) is 0 Å². The van der Waals surface area contributed by atoms with E-state index in [1.54, 1.807) is 6.07 Å². The fourth-order valence-corrected chi connectivity index (χ4v) is 3.22. The predicted octanol–water partition coefficient (Wildman–Crippen LogP) is 2.43. The van der Waals surface area contributed by atoms with E-state index in [2.05, 4.69) is 20.5 Å². The van der Waals surface area contributed by atoms with Gasteiger partial charge in [0.15, 0.2) is 5.43 Å². The van der Waals surface area contributed by atoms with Gasteiger partial charge in [-0.05, 0) is 31.9 Å². The van der Waals surface area contributed by atoms with Gasteiger partial charge in [0.2, 0.25) is 5.13 Å². The van der Waals surface area contributed by atoms with E-state index in [4.69, 9.17) is 5.73 Å². The highest BCUT2D eigenvalue weighted by molar-refractivity contribution is 7.15. The van der Waals surface area contributed by atoms with Crippen LogP contribution in [0.1, 0.15) is 34.8 Å². The number of anilines is 1. The lowest BCUT2D eigenvalue weighted by molar-refractivity contribution is 0.561. The fraction of sp³-hybridized carbons (Fsp3) is 0.312. The van der Waals surface area contributed by atoms with E-state index >= 15 is 0 Å². The molecule has 0 radical (unpaired) electrons. The zero-order valence-electron chi connectivity index (χ0n) is 13.3. The van der Waals surface area contributed by atoms with Crippen LogP contribution >= 0.6 is 11.3 Å². The first-order valence-corrected chi connectivity index (χ1v) is 8.21. The summed E-state index contributed by atoms with van der Waals surface area (Å²) in [6.45, 7) is 6.49. The molecule has 2 aromatic heterocycles. The summed E-state index contributed by atoms with van der Waals surface area (Å²) in [7, 11) is 0. The maximum absolute atomic E-state index is 12.4. The van der Waals surface area contributed by atoms with Gasteiger partial charge in [-0.25, -0.2) is 0 Å². The Bertz CT molecular complexity index is 914. The highest BCUT2D eigenvalue weighted by Gasteiger charge is 2.12. The second-order valence-corrected chi connectivity index (χ2v) is 6.73. The van der Waals surface area contributed by atoms with Crippen LogP contribution in [0.15, 0.2) is 23.0 Å². The van der Waals surface area contributed by atoms with Crippen molar-refractivity contribution in [1.29, 1.82) is 0 Å². The van der Waals surface area contributed by atoms with Gasteiger partial charge in [-0.15, -0.1) is 10.2 Å². The maximum atomic E-state index is 12.4. The van der Waals surface area contributed by atoms with Crippen LogP contribution in [0.4, 0.5) is 5.13 Å². The van der Waals surface area contributed by atoms with Gasteiger partial charge < -0.3 is 16.0 Å². The van der Waals surface area contributed by atoms with Crippen molar-refractivity contribution >= 4 is 27.4 Å². The van der Waals surface area contributed by atoms with Crippen LogP contribution in [-0.2, 0) is 6.54 Å². The number of H-pyrrole nitrogens is 1. The molecule has 0 aliphatic heterocycles. The van der Waals surface area contributed by atoms with Gasteiger partial charge in [0.1, 0.15) is 5.01 Å². The van der Waals surface area contributed by atoms with Crippen LogP contribution in [0.3, 0.4) is 0 Å². The van der Waals surface area contributed by atoms with Gasteiger partial charge >= 0.3 is 0 Å². The van der Waals surface area contributed by atoms with Crippen LogP contribution in [0.2, 0.25) is 0 Å². The highest BCUT2D eigenvalue weighted by Crippen LogP contribution is 2.20. The number of hydrogen-bond acceptors (Lipinski definition) is 6. The molecule has 2 heterocycles. The number of nitrogens with two attached hydrogens (primary N) is 1. The van der Waals surface area contributed by atoms with Crippen molar-refractivity contribution in [3.63, 3.8) is 0 Å². The summed E-state index contributed by atoms with van der Waals surface area (Å²) in [5.74, 6) is 0. The van der Waals surface area contributed by atoms with E-state index in [0.29, 0.717) is 11.7 Å².